The largest absolute Gasteiger partial charge is 0.312 e. The SMILES string of the molecule is CCc1cccc(C(NC)C2CSC(C)C(C)S2)c1. The molecule has 0 aliphatic carbocycles. The molecule has 1 aliphatic heterocycles. The smallest absolute Gasteiger partial charge is 0.0446 e. The molecule has 1 nitrogen and oxygen atoms in total. The fourth-order valence-corrected chi connectivity index (χ4v) is 5.71. The van der Waals surface area contributed by atoms with Crippen LogP contribution in [0.3, 0.4) is 0 Å². The van der Waals surface area contributed by atoms with Gasteiger partial charge in [-0.3, -0.25) is 0 Å². The molecule has 106 valence electrons. The van der Waals surface area contributed by atoms with Crippen molar-refractivity contribution in [3.8, 4) is 0 Å². The van der Waals surface area contributed by atoms with Gasteiger partial charge in [-0.05, 0) is 24.6 Å². The second kappa shape index (κ2) is 7.05. The van der Waals surface area contributed by atoms with E-state index in [9.17, 15) is 0 Å². The highest BCUT2D eigenvalue weighted by atomic mass is 32.2. The molecule has 1 N–H and O–H groups in total. The van der Waals surface area contributed by atoms with E-state index in [0.29, 0.717) is 11.3 Å². The molecule has 1 aromatic carbocycles. The Hall–Kier alpha value is -0.120. The van der Waals surface area contributed by atoms with Crippen LogP contribution in [-0.2, 0) is 6.42 Å². The fourth-order valence-electron chi connectivity index (χ4n) is 2.56. The lowest BCUT2D eigenvalue weighted by atomic mass is 10.0. The van der Waals surface area contributed by atoms with Crippen molar-refractivity contribution in [3.05, 3.63) is 35.4 Å². The van der Waals surface area contributed by atoms with Crippen molar-refractivity contribution in [1.29, 1.82) is 0 Å². The van der Waals surface area contributed by atoms with Crippen molar-refractivity contribution in [1.82, 2.24) is 5.32 Å². The highest BCUT2D eigenvalue weighted by Crippen LogP contribution is 2.40. The Morgan fingerprint density at radius 2 is 2.11 bits per heavy atom. The molecule has 1 saturated heterocycles. The lowest BCUT2D eigenvalue weighted by Gasteiger charge is -2.36. The second-order valence-electron chi connectivity index (χ2n) is 5.28. The monoisotopic (exact) mass is 295 g/mol. The van der Waals surface area contributed by atoms with E-state index < -0.39 is 0 Å². The van der Waals surface area contributed by atoms with Gasteiger partial charge in [0.05, 0.1) is 0 Å². The molecule has 4 unspecified atom stereocenters. The topological polar surface area (TPSA) is 12.0 Å². The Balaban J connectivity index is 2.15. The minimum atomic E-state index is 0.471. The van der Waals surface area contributed by atoms with Crippen LogP contribution in [0.4, 0.5) is 0 Å². The molecule has 3 heteroatoms. The highest BCUT2D eigenvalue weighted by molar-refractivity contribution is 8.07. The van der Waals surface area contributed by atoms with Crippen LogP contribution in [0.25, 0.3) is 0 Å². The number of nitrogens with one attached hydrogen (secondary N) is 1. The van der Waals surface area contributed by atoms with Gasteiger partial charge in [-0.25, -0.2) is 0 Å². The van der Waals surface area contributed by atoms with Gasteiger partial charge in [0.15, 0.2) is 0 Å². The fraction of sp³-hybridized carbons (Fsp3) is 0.625. The van der Waals surface area contributed by atoms with Crippen LogP contribution in [0.5, 0.6) is 0 Å². The quantitative estimate of drug-likeness (QED) is 0.897. The summed E-state index contributed by atoms with van der Waals surface area (Å²) in [5, 5.41) is 5.74. The maximum absolute atomic E-state index is 3.54. The molecule has 19 heavy (non-hydrogen) atoms. The predicted molar refractivity (Wildman–Crippen MR) is 90.4 cm³/mol. The van der Waals surface area contributed by atoms with Crippen LogP contribution >= 0.6 is 23.5 Å². The van der Waals surface area contributed by atoms with E-state index in [2.05, 4.69) is 80.9 Å². The molecule has 1 aliphatic rings. The van der Waals surface area contributed by atoms with Gasteiger partial charge in [-0.1, -0.05) is 45.0 Å². The van der Waals surface area contributed by atoms with Crippen molar-refractivity contribution in [3.63, 3.8) is 0 Å². The maximum Gasteiger partial charge on any atom is 0.0446 e. The summed E-state index contributed by atoms with van der Waals surface area (Å²) in [5.41, 5.74) is 2.88. The summed E-state index contributed by atoms with van der Waals surface area (Å²) in [6, 6.07) is 9.54. The van der Waals surface area contributed by atoms with Crippen LogP contribution < -0.4 is 5.32 Å². The zero-order valence-corrected chi connectivity index (χ0v) is 14.0. The van der Waals surface area contributed by atoms with Gasteiger partial charge < -0.3 is 5.32 Å². The Bertz CT molecular complexity index is 407. The van der Waals surface area contributed by atoms with Crippen molar-refractivity contribution >= 4 is 23.5 Å². The molecular weight excluding hydrogens is 270 g/mol. The van der Waals surface area contributed by atoms with Gasteiger partial charge in [-0.15, -0.1) is 0 Å². The molecular formula is C16H25NS2. The Morgan fingerprint density at radius 3 is 2.74 bits per heavy atom. The molecule has 0 amide bonds. The molecule has 0 saturated carbocycles. The summed E-state index contributed by atoms with van der Waals surface area (Å²) in [7, 11) is 2.09. The first kappa shape index (κ1) is 15.3. The third kappa shape index (κ3) is 3.71. The third-order valence-corrected chi connectivity index (χ3v) is 7.47. The maximum atomic E-state index is 3.54. The van der Waals surface area contributed by atoms with Gasteiger partial charge in [0.1, 0.15) is 0 Å². The second-order valence-corrected chi connectivity index (χ2v) is 8.31. The molecule has 0 bridgehead atoms. The van der Waals surface area contributed by atoms with Gasteiger partial charge in [0, 0.05) is 27.5 Å². The van der Waals surface area contributed by atoms with E-state index in [4.69, 9.17) is 0 Å². The number of rotatable bonds is 4. The summed E-state index contributed by atoms with van der Waals surface area (Å²) in [4.78, 5) is 0. The van der Waals surface area contributed by atoms with Crippen molar-refractivity contribution in [2.24, 2.45) is 0 Å². The molecule has 1 heterocycles. The van der Waals surface area contributed by atoms with Gasteiger partial charge in [0.2, 0.25) is 0 Å². The van der Waals surface area contributed by atoms with Gasteiger partial charge in [0.25, 0.3) is 0 Å². The number of aryl methyl sites for hydroxylation is 1. The standard InChI is InChI=1S/C16H25NS2/c1-5-13-7-6-8-14(9-13)16(17-4)15-10-18-11(2)12(3)19-15/h6-9,11-12,15-17H,5,10H2,1-4H3. The Labute approximate surface area is 126 Å². The van der Waals surface area contributed by atoms with Gasteiger partial charge in [-0.2, -0.15) is 23.5 Å². The van der Waals surface area contributed by atoms with Crippen LogP contribution in [-0.4, -0.2) is 28.6 Å². The number of thioether (sulfide) groups is 2. The lowest BCUT2D eigenvalue weighted by Crippen LogP contribution is -2.35. The Morgan fingerprint density at radius 1 is 1.32 bits per heavy atom. The van der Waals surface area contributed by atoms with Crippen molar-refractivity contribution < 1.29 is 0 Å². The molecule has 4 atom stereocenters. The van der Waals surface area contributed by atoms with E-state index in [1.165, 1.54) is 16.9 Å². The summed E-state index contributed by atoms with van der Waals surface area (Å²) >= 11 is 4.27. The van der Waals surface area contributed by atoms with Crippen molar-refractivity contribution in [2.75, 3.05) is 12.8 Å². The first-order valence-electron chi connectivity index (χ1n) is 7.18. The molecule has 2 rings (SSSR count). The van der Waals surface area contributed by atoms with E-state index in [-0.39, 0.29) is 0 Å². The molecule has 1 fully saturated rings. The number of hydrogen-bond acceptors (Lipinski definition) is 3. The van der Waals surface area contributed by atoms with Crippen LogP contribution in [0.2, 0.25) is 0 Å². The highest BCUT2D eigenvalue weighted by Gasteiger charge is 2.31. The minimum absolute atomic E-state index is 0.471. The average Bonchev–Trinajstić information content (AvgIpc) is 2.44. The number of benzene rings is 1. The third-order valence-electron chi connectivity index (χ3n) is 3.98. The van der Waals surface area contributed by atoms with E-state index in [1.807, 2.05) is 0 Å². The zero-order chi connectivity index (χ0) is 13.8. The van der Waals surface area contributed by atoms with E-state index in [1.54, 1.807) is 0 Å². The number of hydrogen-bond donors (Lipinski definition) is 1. The van der Waals surface area contributed by atoms with E-state index >= 15 is 0 Å². The molecule has 0 spiro atoms. The minimum Gasteiger partial charge on any atom is -0.312 e. The van der Waals surface area contributed by atoms with Crippen LogP contribution in [0, 0.1) is 0 Å². The van der Waals surface area contributed by atoms with E-state index in [0.717, 1.165) is 16.9 Å². The van der Waals surface area contributed by atoms with Crippen LogP contribution in [0.1, 0.15) is 37.9 Å². The Kier molecular flexibility index (Phi) is 5.67. The van der Waals surface area contributed by atoms with Gasteiger partial charge >= 0.3 is 0 Å². The predicted octanol–water partition coefficient (Wildman–Crippen LogP) is 4.14. The zero-order valence-electron chi connectivity index (χ0n) is 12.3. The van der Waals surface area contributed by atoms with Crippen molar-refractivity contribution in [2.45, 2.75) is 49.0 Å². The molecule has 1 aromatic rings. The summed E-state index contributed by atoms with van der Waals surface area (Å²) in [6.07, 6.45) is 1.12. The first-order valence-corrected chi connectivity index (χ1v) is 9.18. The normalized spacial score (nSPS) is 29.2. The summed E-state index contributed by atoms with van der Waals surface area (Å²) in [6.45, 7) is 6.94. The van der Waals surface area contributed by atoms with Crippen LogP contribution in [0.15, 0.2) is 24.3 Å². The summed E-state index contributed by atoms with van der Waals surface area (Å²) in [5.74, 6) is 1.25. The lowest BCUT2D eigenvalue weighted by molar-refractivity contribution is 0.587. The first-order chi connectivity index (χ1) is 9.15. The molecule has 0 radical (unpaired) electrons. The molecule has 0 aromatic heterocycles. The average molecular weight is 296 g/mol. The summed E-state index contributed by atoms with van der Waals surface area (Å²) < 4.78 is 0.